The molecular weight excluding hydrogens is 162 g/mol. The van der Waals surface area contributed by atoms with Crippen molar-refractivity contribution in [1.29, 1.82) is 5.26 Å². The van der Waals surface area contributed by atoms with Crippen LogP contribution in [-0.2, 0) is 6.42 Å². The van der Waals surface area contributed by atoms with Gasteiger partial charge in [-0.15, -0.1) is 6.42 Å². The van der Waals surface area contributed by atoms with Crippen molar-refractivity contribution in [3.63, 3.8) is 0 Å². The average Bonchev–Trinajstić information content (AvgIpc) is 2.17. The van der Waals surface area contributed by atoms with Gasteiger partial charge in [0.25, 0.3) is 0 Å². The molecule has 0 spiro atoms. The number of benzene rings is 1. The Kier molecular flexibility index (Phi) is 3.42. The van der Waals surface area contributed by atoms with Crippen molar-refractivity contribution in [2.45, 2.75) is 6.42 Å². The van der Waals surface area contributed by atoms with Gasteiger partial charge >= 0.3 is 0 Å². The predicted octanol–water partition coefficient (Wildman–Crippen LogP) is 1.76. The summed E-state index contributed by atoms with van der Waals surface area (Å²) in [6.45, 7) is 0.239. The van der Waals surface area contributed by atoms with Gasteiger partial charge in [0.2, 0.25) is 0 Å². The number of para-hydroxylation sites is 1. The Morgan fingerprint density at radius 2 is 2.15 bits per heavy atom. The Balaban J connectivity index is 2.80. The summed E-state index contributed by atoms with van der Waals surface area (Å²) in [5.74, 6) is 3.08. The van der Waals surface area contributed by atoms with E-state index >= 15 is 0 Å². The van der Waals surface area contributed by atoms with Crippen molar-refractivity contribution >= 4 is 0 Å². The average molecular weight is 171 g/mol. The van der Waals surface area contributed by atoms with Gasteiger partial charge in [0.15, 0.2) is 0 Å². The molecule has 0 aromatic heterocycles. The highest BCUT2D eigenvalue weighted by Gasteiger charge is 2.00. The molecule has 0 aliphatic carbocycles. The van der Waals surface area contributed by atoms with Crippen molar-refractivity contribution in [3.05, 3.63) is 29.8 Å². The molecule has 64 valence electrons. The minimum absolute atomic E-state index is 0.239. The number of nitrogens with zero attached hydrogens (tertiary/aromatic N) is 1. The fourth-order valence-electron chi connectivity index (χ4n) is 0.995. The highest BCUT2D eigenvalue weighted by Crippen LogP contribution is 2.17. The monoisotopic (exact) mass is 171 g/mol. The van der Waals surface area contributed by atoms with Gasteiger partial charge in [-0.05, 0) is 6.07 Å². The Labute approximate surface area is 77.8 Å². The summed E-state index contributed by atoms with van der Waals surface area (Å²) in [5, 5.41) is 8.52. The van der Waals surface area contributed by atoms with Gasteiger partial charge in [-0.1, -0.05) is 24.1 Å². The summed E-state index contributed by atoms with van der Waals surface area (Å²) >= 11 is 0. The van der Waals surface area contributed by atoms with E-state index in [1.807, 2.05) is 24.3 Å². The van der Waals surface area contributed by atoms with Gasteiger partial charge in [0.05, 0.1) is 12.5 Å². The van der Waals surface area contributed by atoms with Crippen LogP contribution in [0.2, 0.25) is 0 Å². The van der Waals surface area contributed by atoms with Crippen molar-refractivity contribution in [3.8, 4) is 24.2 Å². The zero-order valence-electron chi connectivity index (χ0n) is 7.16. The van der Waals surface area contributed by atoms with Gasteiger partial charge in [-0.25, -0.2) is 0 Å². The third-order valence-corrected chi connectivity index (χ3v) is 1.55. The fraction of sp³-hybridized carbons (Fsp3) is 0.182. The summed E-state index contributed by atoms with van der Waals surface area (Å²) < 4.78 is 5.25. The Morgan fingerprint density at radius 3 is 2.85 bits per heavy atom. The van der Waals surface area contributed by atoms with Crippen LogP contribution in [0.15, 0.2) is 24.3 Å². The summed E-state index contributed by atoms with van der Waals surface area (Å²) in [7, 11) is 0. The van der Waals surface area contributed by atoms with E-state index < -0.39 is 0 Å². The number of hydrogen-bond donors (Lipinski definition) is 0. The quantitative estimate of drug-likeness (QED) is 0.649. The molecule has 0 heterocycles. The van der Waals surface area contributed by atoms with E-state index in [0.717, 1.165) is 5.56 Å². The van der Waals surface area contributed by atoms with Crippen LogP contribution in [0.3, 0.4) is 0 Å². The summed E-state index contributed by atoms with van der Waals surface area (Å²) in [6.07, 6.45) is 5.41. The second-order valence-corrected chi connectivity index (χ2v) is 2.44. The molecule has 0 saturated carbocycles. The molecule has 0 atom stereocenters. The molecule has 0 fully saturated rings. The second kappa shape index (κ2) is 4.85. The fourth-order valence-corrected chi connectivity index (χ4v) is 0.995. The van der Waals surface area contributed by atoms with Crippen LogP contribution in [-0.4, -0.2) is 6.61 Å². The molecule has 1 aromatic carbocycles. The van der Waals surface area contributed by atoms with Crippen molar-refractivity contribution < 1.29 is 4.74 Å². The van der Waals surface area contributed by atoms with Crippen LogP contribution >= 0.6 is 0 Å². The Bertz CT molecular complexity index is 357. The normalized spacial score (nSPS) is 8.46. The second-order valence-electron chi connectivity index (χ2n) is 2.44. The first-order chi connectivity index (χ1) is 6.38. The van der Waals surface area contributed by atoms with Gasteiger partial charge in [0.1, 0.15) is 12.4 Å². The Hall–Kier alpha value is -1.93. The number of nitriles is 1. The zero-order valence-corrected chi connectivity index (χ0v) is 7.16. The molecule has 0 saturated heterocycles. The molecule has 2 heteroatoms. The Morgan fingerprint density at radius 1 is 1.38 bits per heavy atom. The van der Waals surface area contributed by atoms with E-state index in [9.17, 15) is 0 Å². The molecule has 0 N–H and O–H groups in total. The maximum Gasteiger partial charge on any atom is 0.148 e. The van der Waals surface area contributed by atoms with Crippen molar-refractivity contribution in [1.82, 2.24) is 0 Å². The van der Waals surface area contributed by atoms with Gasteiger partial charge in [-0.3, -0.25) is 0 Å². The van der Waals surface area contributed by atoms with E-state index in [1.54, 1.807) is 0 Å². The number of terminal acetylenes is 1. The molecule has 1 rings (SSSR count). The lowest BCUT2D eigenvalue weighted by Gasteiger charge is -2.05. The minimum Gasteiger partial charge on any atom is -0.481 e. The molecule has 0 radical (unpaired) electrons. The third-order valence-electron chi connectivity index (χ3n) is 1.55. The third kappa shape index (κ3) is 2.54. The summed E-state index contributed by atoms with van der Waals surface area (Å²) in [6, 6.07) is 9.46. The molecule has 13 heavy (non-hydrogen) atoms. The van der Waals surface area contributed by atoms with Crippen LogP contribution < -0.4 is 4.74 Å². The number of rotatable bonds is 3. The lowest BCUT2D eigenvalue weighted by molar-refractivity contribution is 0.367. The molecule has 1 aromatic rings. The van der Waals surface area contributed by atoms with Crippen LogP contribution in [0.1, 0.15) is 5.56 Å². The lowest BCUT2D eigenvalue weighted by Crippen LogP contribution is -1.96. The molecule has 2 nitrogen and oxygen atoms in total. The first kappa shape index (κ1) is 9.16. The van der Waals surface area contributed by atoms with E-state index in [0.29, 0.717) is 12.2 Å². The summed E-state index contributed by atoms with van der Waals surface area (Å²) in [5.41, 5.74) is 0.875. The van der Waals surface area contributed by atoms with Crippen molar-refractivity contribution in [2.75, 3.05) is 6.61 Å². The number of hydrogen-bond acceptors (Lipinski definition) is 2. The zero-order chi connectivity index (χ0) is 9.52. The maximum absolute atomic E-state index is 8.52. The van der Waals surface area contributed by atoms with Crippen molar-refractivity contribution in [2.24, 2.45) is 0 Å². The van der Waals surface area contributed by atoms with E-state index in [-0.39, 0.29) is 6.61 Å². The minimum atomic E-state index is 0.239. The lowest BCUT2D eigenvalue weighted by atomic mass is 10.1. The number of ether oxygens (including phenoxy) is 1. The first-order valence-corrected chi connectivity index (χ1v) is 3.89. The van der Waals surface area contributed by atoms with Crippen LogP contribution in [0, 0.1) is 23.7 Å². The highest BCUT2D eigenvalue weighted by atomic mass is 16.5. The van der Waals surface area contributed by atoms with Crippen LogP contribution in [0.25, 0.3) is 0 Å². The van der Waals surface area contributed by atoms with E-state index in [4.69, 9.17) is 16.4 Å². The van der Waals surface area contributed by atoms with E-state index in [2.05, 4.69) is 12.0 Å². The molecule has 0 bridgehead atoms. The smallest absolute Gasteiger partial charge is 0.148 e. The maximum atomic E-state index is 8.52. The first-order valence-electron chi connectivity index (χ1n) is 3.89. The molecule has 0 aliphatic rings. The van der Waals surface area contributed by atoms with E-state index in [1.165, 1.54) is 0 Å². The highest BCUT2D eigenvalue weighted by molar-refractivity contribution is 5.35. The molecule has 0 amide bonds. The summed E-state index contributed by atoms with van der Waals surface area (Å²) in [4.78, 5) is 0. The standard InChI is InChI=1S/C11H9NO/c1-2-9-13-11-6-4-3-5-10(11)7-8-12/h1,3-6H,7,9H2. The van der Waals surface area contributed by atoms with Gasteiger partial charge in [0, 0.05) is 5.56 Å². The topological polar surface area (TPSA) is 33.0 Å². The molecule has 0 aliphatic heterocycles. The van der Waals surface area contributed by atoms with Crippen LogP contribution in [0.5, 0.6) is 5.75 Å². The molecule has 0 unspecified atom stereocenters. The largest absolute Gasteiger partial charge is 0.481 e. The van der Waals surface area contributed by atoms with Crippen LogP contribution in [0.4, 0.5) is 0 Å². The SMILES string of the molecule is C#CCOc1ccccc1CC#N. The van der Waals surface area contributed by atoms with Gasteiger partial charge < -0.3 is 4.74 Å². The molecular formula is C11H9NO. The predicted molar refractivity (Wildman–Crippen MR) is 50.1 cm³/mol. The van der Waals surface area contributed by atoms with Gasteiger partial charge in [-0.2, -0.15) is 5.26 Å².